The number of amides is 2. The molecule has 2 fully saturated rings. The molecule has 3 aliphatic rings. The molecular formula is C29H37N3O5. The molecular weight excluding hydrogens is 470 g/mol. The van der Waals surface area contributed by atoms with Crippen LogP contribution in [0.5, 0.6) is 5.75 Å². The Morgan fingerprint density at radius 1 is 1.03 bits per heavy atom. The molecule has 0 aromatic heterocycles. The number of hydrogen-bond acceptors (Lipinski definition) is 6. The van der Waals surface area contributed by atoms with Crippen LogP contribution in [0.15, 0.2) is 42.5 Å². The molecule has 2 aromatic rings. The molecule has 0 bridgehead atoms. The molecule has 3 heterocycles. The van der Waals surface area contributed by atoms with Gasteiger partial charge in [0, 0.05) is 37.3 Å². The van der Waals surface area contributed by atoms with Gasteiger partial charge in [0.1, 0.15) is 18.6 Å². The Morgan fingerprint density at radius 3 is 2.51 bits per heavy atom. The van der Waals surface area contributed by atoms with Crippen molar-refractivity contribution >= 4 is 11.8 Å². The first-order valence-corrected chi connectivity index (χ1v) is 13.4. The number of benzene rings is 2. The van der Waals surface area contributed by atoms with E-state index in [0.29, 0.717) is 43.2 Å². The van der Waals surface area contributed by atoms with Gasteiger partial charge >= 0.3 is 0 Å². The van der Waals surface area contributed by atoms with Gasteiger partial charge < -0.3 is 24.8 Å². The van der Waals surface area contributed by atoms with Crippen LogP contribution in [0.2, 0.25) is 0 Å². The third kappa shape index (κ3) is 5.98. The quantitative estimate of drug-likeness (QED) is 0.542. The highest BCUT2D eigenvalue weighted by molar-refractivity contribution is 5.99. The number of likely N-dealkylation sites (tertiary alicyclic amines) is 1. The summed E-state index contributed by atoms with van der Waals surface area (Å²) in [6.07, 6.45) is 2.08. The fourth-order valence-corrected chi connectivity index (χ4v) is 5.58. The van der Waals surface area contributed by atoms with Gasteiger partial charge in [-0.25, -0.2) is 0 Å². The lowest BCUT2D eigenvalue weighted by Crippen LogP contribution is -2.55. The monoisotopic (exact) mass is 507 g/mol. The van der Waals surface area contributed by atoms with Crippen LogP contribution in [0.4, 0.5) is 0 Å². The predicted molar refractivity (Wildman–Crippen MR) is 139 cm³/mol. The summed E-state index contributed by atoms with van der Waals surface area (Å²) in [5.74, 6) is 1.05. The van der Waals surface area contributed by atoms with Crippen molar-refractivity contribution in [2.45, 2.75) is 64.6 Å². The van der Waals surface area contributed by atoms with Crippen molar-refractivity contribution in [2.75, 3.05) is 26.3 Å². The highest BCUT2D eigenvalue weighted by atomic mass is 16.5. The minimum Gasteiger partial charge on any atom is -0.489 e. The molecule has 2 unspecified atom stereocenters. The molecule has 0 saturated carbocycles. The number of aliphatic hydroxyl groups excluding tert-OH is 1. The third-order valence-corrected chi connectivity index (χ3v) is 7.78. The highest BCUT2D eigenvalue weighted by Crippen LogP contribution is 2.34. The molecule has 198 valence electrons. The Balaban J connectivity index is 1.15. The first kappa shape index (κ1) is 25.7. The van der Waals surface area contributed by atoms with Crippen molar-refractivity contribution in [1.82, 2.24) is 15.1 Å². The zero-order valence-corrected chi connectivity index (χ0v) is 21.5. The number of aliphatic hydroxyl groups is 1. The van der Waals surface area contributed by atoms with E-state index in [2.05, 4.69) is 41.4 Å². The van der Waals surface area contributed by atoms with E-state index in [1.807, 2.05) is 12.1 Å². The Bertz CT molecular complexity index is 1100. The summed E-state index contributed by atoms with van der Waals surface area (Å²) in [6.45, 7) is 7.70. The number of carbonyl (C=O) groups is 2. The summed E-state index contributed by atoms with van der Waals surface area (Å²) in [6, 6.07) is 13.6. The molecule has 5 rings (SSSR count). The number of ether oxygens (including phenoxy) is 2. The SMILES string of the molecule is CCOCC1CCN(Cc2ccc(COc3cccc4c3CN(C3CCC(=O)NC3O)C4=O)cc2)CC1. The van der Waals surface area contributed by atoms with Crippen molar-refractivity contribution < 1.29 is 24.2 Å². The first-order chi connectivity index (χ1) is 18.0. The fourth-order valence-electron chi connectivity index (χ4n) is 5.58. The summed E-state index contributed by atoms with van der Waals surface area (Å²) in [4.78, 5) is 28.8. The van der Waals surface area contributed by atoms with Gasteiger partial charge in [0.15, 0.2) is 0 Å². The molecule has 37 heavy (non-hydrogen) atoms. The topological polar surface area (TPSA) is 91.3 Å². The standard InChI is InChI=1S/C29H37N3O5/c1-2-36-18-22-12-14-31(15-13-22)16-20-6-8-21(9-7-20)19-37-26-5-3-4-23-24(26)17-32(29(23)35)25-10-11-27(33)30-28(25)34/h3-9,22,25,28,34H,2,10-19H2,1H3,(H,30,33). The second kappa shape index (κ2) is 11.6. The van der Waals surface area contributed by atoms with Crippen LogP contribution in [-0.4, -0.2) is 65.3 Å². The summed E-state index contributed by atoms with van der Waals surface area (Å²) in [7, 11) is 0. The minimum absolute atomic E-state index is 0.132. The average molecular weight is 508 g/mol. The molecule has 2 N–H and O–H groups in total. The normalized spacial score (nSPS) is 22.7. The van der Waals surface area contributed by atoms with Crippen LogP contribution in [0.25, 0.3) is 0 Å². The van der Waals surface area contributed by atoms with Gasteiger partial charge in [-0.15, -0.1) is 0 Å². The van der Waals surface area contributed by atoms with Crippen molar-refractivity contribution in [1.29, 1.82) is 0 Å². The van der Waals surface area contributed by atoms with Crippen molar-refractivity contribution in [2.24, 2.45) is 5.92 Å². The van der Waals surface area contributed by atoms with Crippen molar-refractivity contribution in [3.63, 3.8) is 0 Å². The number of fused-ring (bicyclic) bond motifs is 1. The zero-order chi connectivity index (χ0) is 25.8. The number of nitrogens with one attached hydrogen (secondary N) is 1. The molecule has 2 aromatic carbocycles. The van der Waals surface area contributed by atoms with Crippen LogP contribution in [0.1, 0.15) is 59.7 Å². The lowest BCUT2D eigenvalue weighted by atomic mass is 9.97. The van der Waals surface area contributed by atoms with Crippen LogP contribution < -0.4 is 10.1 Å². The van der Waals surface area contributed by atoms with Gasteiger partial charge in [0.05, 0.1) is 12.6 Å². The molecule has 0 aliphatic carbocycles. The van der Waals surface area contributed by atoms with Gasteiger partial charge in [0.2, 0.25) is 5.91 Å². The minimum atomic E-state index is -1.05. The lowest BCUT2D eigenvalue weighted by Gasteiger charge is -2.35. The Hall–Kier alpha value is -2.94. The maximum Gasteiger partial charge on any atom is 0.255 e. The number of piperidine rings is 2. The van der Waals surface area contributed by atoms with E-state index >= 15 is 0 Å². The van der Waals surface area contributed by atoms with Crippen molar-refractivity contribution in [3.8, 4) is 5.75 Å². The lowest BCUT2D eigenvalue weighted by molar-refractivity contribution is -0.129. The van der Waals surface area contributed by atoms with Gasteiger partial charge in [-0.1, -0.05) is 30.3 Å². The van der Waals surface area contributed by atoms with Crippen LogP contribution in [0.3, 0.4) is 0 Å². The maximum absolute atomic E-state index is 13.1. The van der Waals surface area contributed by atoms with Crippen LogP contribution in [0, 0.1) is 5.92 Å². The highest BCUT2D eigenvalue weighted by Gasteiger charge is 2.40. The molecule has 0 radical (unpaired) electrons. The van der Waals surface area contributed by atoms with Crippen LogP contribution >= 0.6 is 0 Å². The number of nitrogens with zero attached hydrogens (tertiary/aromatic N) is 2. The van der Waals surface area contributed by atoms with Gasteiger partial charge in [-0.3, -0.25) is 14.5 Å². The summed E-state index contributed by atoms with van der Waals surface area (Å²) in [5.41, 5.74) is 3.80. The van der Waals surface area contributed by atoms with Crippen molar-refractivity contribution in [3.05, 3.63) is 64.7 Å². The predicted octanol–water partition coefficient (Wildman–Crippen LogP) is 3.07. The molecule has 8 heteroatoms. The average Bonchev–Trinajstić information content (AvgIpc) is 3.24. The number of hydrogen-bond donors (Lipinski definition) is 2. The number of carbonyl (C=O) groups excluding carboxylic acids is 2. The third-order valence-electron chi connectivity index (χ3n) is 7.78. The molecule has 2 atom stereocenters. The van der Waals surface area contributed by atoms with Crippen LogP contribution in [-0.2, 0) is 29.2 Å². The van der Waals surface area contributed by atoms with E-state index in [-0.39, 0.29) is 11.8 Å². The van der Waals surface area contributed by atoms with E-state index in [1.54, 1.807) is 11.0 Å². The number of rotatable bonds is 9. The fraction of sp³-hybridized carbons (Fsp3) is 0.517. The van der Waals surface area contributed by atoms with E-state index in [1.165, 1.54) is 18.4 Å². The summed E-state index contributed by atoms with van der Waals surface area (Å²) < 4.78 is 11.8. The largest absolute Gasteiger partial charge is 0.489 e. The summed E-state index contributed by atoms with van der Waals surface area (Å²) >= 11 is 0. The Kier molecular flexibility index (Phi) is 8.08. The van der Waals surface area contributed by atoms with Gasteiger partial charge in [0.25, 0.3) is 5.91 Å². The molecule has 0 spiro atoms. The smallest absolute Gasteiger partial charge is 0.255 e. The van der Waals surface area contributed by atoms with E-state index in [0.717, 1.165) is 44.0 Å². The molecule has 3 aliphatic heterocycles. The maximum atomic E-state index is 13.1. The second-order valence-electron chi connectivity index (χ2n) is 10.3. The van der Waals surface area contributed by atoms with E-state index < -0.39 is 12.3 Å². The van der Waals surface area contributed by atoms with E-state index in [4.69, 9.17) is 9.47 Å². The molecule has 2 amide bonds. The molecule has 2 saturated heterocycles. The summed E-state index contributed by atoms with van der Waals surface area (Å²) in [5, 5.41) is 12.9. The Labute approximate surface area is 218 Å². The molecule has 8 nitrogen and oxygen atoms in total. The second-order valence-corrected chi connectivity index (χ2v) is 10.3. The van der Waals surface area contributed by atoms with Gasteiger partial charge in [-0.05, 0) is 68.5 Å². The first-order valence-electron chi connectivity index (χ1n) is 13.4. The van der Waals surface area contributed by atoms with Gasteiger partial charge in [-0.2, -0.15) is 0 Å². The zero-order valence-electron chi connectivity index (χ0n) is 21.5. The Morgan fingerprint density at radius 2 is 1.78 bits per heavy atom. The van der Waals surface area contributed by atoms with E-state index in [9.17, 15) is 14.7 Å².